The second kappa shape index (κ2) is 8.99. The molecule has 3 rings (SSSR count). The maximum absolute atomic E-state index is 12.6. The fraction of sp³-hybridized carbons (Fsp3) is 0.350. The Morgan fingerprint density at radius 2 is 2.22 bits per heavy atom. The van der Waals surface area contributed by atoms with Crippen LogP contribution in [0.3, 0.4) is 0 Å². The number of amides is 1. The van der Waals surface area contributed by atoms with Crippen molar-refractivity contribution in [2.75, 3.05) is 13.2 Å². The van der Waals surface area contributed by atoms with Gasteiger partial charge in [0.15, 0.2) is 11.5 Å². The summed E-state index contributed by atoms with van der Waals surface area (Å²) in [7, 11) is 0. The van der Waals surface area contributed by atoms with Crippen LogP contribution < -0.4 is 9.47 Å². The van der Waals surface area contributed by atoms with Crippen LogP contribution in [0.1, 0.15) is 36.2 Å². The van der Waals surface area contributed by atoms with Gasteiger partial charge in [-0.05, 0) is 55.0 Å². The van der Waals surface area contributed by atoms with E-state index in [1.807, 2.05) is 16.3 Å². The van der Waals surface area contributed by atoms with Gasteiger partial charge in [0.05, 0.1) is 12.6 Å². The smallest absolute Gasteiger partial charge is 0.387 e. The van der Waals surface area contributed by atoms with Crippen molar-refractivity contribution in [3.8, 4) is 11.5 Å². The number of likely N-dealkylation sites (tertiary alicyclic amines) is 1. The second-order valence-corrected chi connectivity index (χ2v) is 7.04. The molecule has 144 valence electrons. The Balaban J connectivity index is 1.73. The Bertz CT molecular complexity index is 793. The van der Waals surface area contributed by atoms with Crippen LogP contribution in [0.5, 0.6) is 11.5 Å². The van der Waals surface area contributed by atoms with Gasteiger partial charge in [0.1, 0.15) is 0 Å². The first-order valence-electron chi connectivity index (χ1n) is 8.82. The summed E-state index contributed by atoms with van der Waals surface area (Å²) in [6, 6.07) is 8.81. The van der Waals surface area contributed by atoms with E-state index >= 15 is 0 Å². The largest absolute Gasteiger partial charge is 0.490 e. The summed E-state index contributed by atoms with van der Waals surface area (Å²) in [6.45, 7) is -0.105. The van der Waals surface area contributed by atoms with Crippen molar-refractivity contribution in [2.24, 2.45) is 0 Å². The number of nitrogens with zero attached hydrogens (tertiary/aromatic N) is 1. The van der Waals surface area contributed by atoms with Crippen LogP contribution in [-0.4, -0.2) is 30.6 Å². The van der Waals surface area contributed by atoms with E-state index in [2.05, 4.69) is 10.8 Å². The van der Waals surface area contributed by atoms with Gasteiger partial charge in [-0.25, -0.2) is 0 Å². The molecular formula is C20H21F2NO3S. The van der Waals surface area contributed by atoms with E-state index in [1.54, 1.807) is 36.5 Å². The average Bonchev–Trinajstić information content (AvgIpc) is 3.32. The molecule has 27 heavy (non-hydrogen) atoms. The lowest BCUT2D eigenvalue weighted by Crippen LogP contribution is -2.28. The SMILES string of the molecule is CCOc1cc(/C=C/C(=O)N2CCCC2c2cccs2)ccc1OC(F)F. The Labute approximate surface area is 161 Å². The highest BCUT2D eigenvalue weighted by Crippen LogP contribution is 2.35. The van der Waals surface area contributed by atoms with Crippen LogP contribution in [0.4, 0.5) is 8.78 Å². The fourth-order valence-electron chi connectivity index (χ4n) is 3.16. The zero-order valence-corrected chi connectivity index (χ0v) is 15.8. The van der Waals surface area contributed by atoms with Crippen molar-refractivity contribution < 1.29 is 23.0 Å². The van der Waals surface area contributed by atoms with E-state index in [0.717, 1.165) is 19.4 Å². The molecule has 2 aromatic rings. The predicted octanol–water partition coefficient (Wildman–Crippen LogP) is 5.13. The van der Waals surface area contributed by atoms with Gasteiger partial charge >= 0.3 is 6.61 Å². The average molecular weight is 393 g/mol. The first-order chi connectivity index (χ1) is 13.1. The van der Waals surface area contributed by atoms with Gasteiger partial charge in [-0.1, -0.05) is 12.1 Å². The number of benzene rings is 1. The molecule has 1 aliphatic heterocycles. The number of carbonyl (C=O) groups is 1. The van der Waals surface area contributed by atoms with Crippen LogP contribution >= 0.6 is 11.3 Å². The van der Waals surface area contributed by atoms with Crippen molar-refractivity contribution in [1.82, 2.24) is 4.90 Å². The minimum absolute atomic E-state index is 0.0207. The molecule has 1 saturated heterocycles. The summed E-state index contributed by atoms with van der Waals surface area (Å²) in [6.07, 6.45) is 5.13. The topological polar surface area (TPSA) is 38.8 Å². The Morgan fingerprint density at radius 3 is 2.93 bits per heavy atom. The van der Waals surface area contributed by atoms with E-state index in [4.69, 9.17) is 4.74 Å². The highest BCUT2D eigenvalue weighted by molar-refractivity contribution is 7.10. The lowest BCUT2D eigenvalue weighted by atomic mass is 10.1. The van der Waals surface area contributed by atoms with Gasteiger partial charge in [0, 0.05) is 17.5 Å². The fourth-order valence-corrected chi connectivity index (χ4v) is 4.03. The van der Waals surface area contributed by atoms with Crippen molar-refractivity contribution in [3.05, 3.63) is 52.2 Å². The summed E-state index contributed by atoms with van der Waals surface area (Å²) >= 11 is 1.66. The first-order valence-corrected chi connectivity index (χ1v) is 9.70. The Kier molecular flexibility index (Phi) is 6.45. The normalized spacial score (nSPS) is 17.0. The molecule has 1 aromatic carbocycles. The highest BCUT2D eigenvalue weighted by Gasteiger charge is 2.29. The number of hydrogen-bond donors (Lipinski definition) is 0. The van der Waals surface area contributed by atoms with Gasteiger partial charge in [-0.15, -0.1) is 11.3 Å². The lowest BCUT2D eigenvalue weighted by Gasteiger charge is -2.22. The number of alkyl halides is 2. The summed E-state index contributed by atoms with van der Waals surface area (Å²) in [5, 5.41) is 2.02. The third-order valence-corrected chi connectivity index (χ3v) is 5.28. The number of thiophene rings is 1. The quantitative estimate of drug-likeness (QED) is 0.613. The molecule has 4 nitrogen and oxygen atoms in total. The van der Waals surface area contributed by atoms with Gasteiger partial charge in [0.2, 0.25) is 5.91 Å². The molecular weight excluding hydrogens is 372 g/mol. The van der Waals surface area contributed by atoms with Crippen LogP contribution in [0.25, 0.3) is 6.08 Å². The number of halogens is 2. The van der Waals surface area contributed by atoms with Crippen molar-refractivity contribution >= 4 is 23.3 Å². The van der Waals surface area contributed by atoms with E-state index in [1.165, 1.54) is 17.0 Å². The van der Waals surface area contributed by atoms with Gasteiger partial charge in [-0.3, -0.25) is 4.79 Å². The third-order valence-electron chi connectivity index (χ3n) is 4.31. The van der Waals surface area contributed by atoms with E-state index < -0.39 is 6.61 Å². The van der Waals surface area contributed by atoms with Crippen LogP contribution in [0.2, 0.25) is 0 Å². The summed E-state index contributed by atoms with van der Waals surface area (Å²) in [4.78, 5) is 15.7. The molecule has 7 heteroatoms. The van der Waals surface area contributed by atoms with Gasteiger partial charge in [0.25, 0.3) is 0 Å². The predicted molar refractivity (Wildman–Crippen MR) is 101 cm³/mol. The van der Waals surface area contributed by atoms with Gasteiger partial charge in [-0.2, -0.15) is 8.78 Å². The van der Waals surface area contributed by atoms with Crippen LogP contribution in [0, 0.1) is 0 Å². The Morgan fingerprint density at radius 1 is 1.37 bits per heavy atom. The number of ether oxygens (including phenoxy) is 2. The Hall–Kier alpha value is -2.41. The summed E-state index contributed by atoms with van der Waals surface area (Å²) in [5.41, 5.74) is 0.681. The number of hydrogen-bond acceptors (Lipinski definition) is 4. The van der Waals surface area contributed by atoms with Gasteiger partial charge < -0.3 is 14.4 Å². The minimum Gasteiger partial charge on any atom is -0.490 e. The van der Waals surface area contributed by atoms with Crippen LogP contribution in [-0.2, 0) is 4.79 Å². The third kappa shape index (κ3) is 4.86. The summed E-state index contributed by atoms with van der Waals surface area (Å²) in [5.74, 6) is 0.148. The van der Waals surface area contributed by atoms with E-state index in [-0.39, 0.29) is 23.4 Å². The molecule has 0 bridgehead atoms. The zero-order chi connectivity index (χ0) is 19.2. The lowest BCUT2D eigenvalue weighted by molar-refractivity contribution is -0.126. The molecule has 0 aliphatic carbocycles. The van der Waals surface area contributed by atoms with Crippen molar-refractivity contribution in [2.45, 2.75) is 32.4 Å². The molecule has 0 N–H and O–H groups in total. The molecule has 0 saturated carbocycles. The van der Waals surface area contributed by atoms with Crippen molar-refractivity contribution in [1.29, 1.82) is 0 Å². The number of rotatable bonds is 7. The van der Waals surface area contributed by atoms with Crippen molar-refractivity contribution in [3.63, 3.8) is 0 Å². The molecule has 2 heterocycles. The molecule has 1 atom stereocenters. The van der Waals surface area contributed by atoms with E-state index in [9.17, 15) is 13.6 Å². The minimum atomic E-state index is -2.92. The first kappa shape index (κ1) is 19.4. The standard InChI is InChI=1S/C20H21F2NO3S/c1-2-25-17-13-14(7-9-16(17)26-20(21)22)8-10-19(24)23-11-3-5-15(23)18-6-4-12-27-18/h4,6-10,12-13,15,20H,2-3,5,11H2,1H3/b10-8+. The molecule has 0 spiro atoms. The maximum atomic E-state index is 12.6. The van der Waals surface area contributed by atoms with E-state index in [0.29, 0.717) is 12.2 Å². The molecule has 1 aromatic heterocycles. The highest BCUT2D eigenvalue weighted by atomic mass is 32.1. The molecule has 0 radical (unpaired) electrons. The number of carbonyl (C=O) groups excluding carboxylic acids is 1. The second-order valence-electron chi connectivity index (χ2n) is 6.06. The molecule has 1 amide bonds. The molecule has 1 aliphatic rings. The maximum Gasteiger partial charge on any atom is 0.387 e. The molecule has 1 unspecified atom stereocenters. The monoisotopic (exact) mass is 393 g/mol. The zero-order valence-electron chi connectivity index (χ0n) is 14.9. The molecule has 1 fully saturated rings. The summed E-state index contributed by atoms with van der Waals surface area (Å²) < 4.78 is 34.8. The van der Waals surface area contributed by atoms with Crippen LogP contribution in [0.15, 0.2) is 41.8 Å².